The van der Waals surface area contributed by atoms with Crippen molar-refractivity contribution >= 4 is 43.3 Å². The van der Waals surface area contributed by atoms with Gasteiger partial charge in [0.25, 0.3) is 16.0 Å². The van der Waals surface area contributed by atoms with E-state index in [1.165, 1.54) is 18.3 Å². The molecular weight excluding hydrogens is 422 g/mol. The molecule has 2 rings (SSSR count). The number of carbonyl (C=O) groups excluding carboxylic acids is 1. The molecule has 2 aromatic rings. The lowest BCUT2D eigenvalue weighted by molar-refractivity contribution is -0.112. The maximum Gasteiger partial charge on any atom is 0.294 e. The van der Waals surface area contributed by atoms with Gasteiger partial charge in [0.05, 0.1) is 4.90 Å². The van der Waals surface area contributed by atoms with Crippen molar-refractivity contribution < 1.29 is 17.8 Å². The first-order valence-electron chi connectivity index (χ1n) is 7.22. The summed E-state index contributed by atoms with van der Waals surface area (Å²) in [5.41, 5.74) is 1.79. The minimum Gasteiger partial charge on any atom is -0.360 e. The second-order valence-corrected chi connectivity index (χ2v) is 7.56. The summed E-state index contributed by atoms with van der Waals surface area (Å²) in [6, 6.07) is 12.2. The molecule has 0 heterocycles. The fraction of sp³-hybridized carbons (Fsp3) is 0.0588. The van der Waals surface area contributed by atoms with E-state index in [4.69, 9.17) is 4.55 Å². The van der Waals surface area contributed by atoms with Gasteiger partial charge < -0.3 is 10.6 Å². The lowest BCUT2D eigenvalue weighted by Gasteiger charge is -2.08. The van der Waals surface area contributed by atoms with Gasteiger partial charge in [-0.25, -0.2) is 0 Å². The van der Waals surface area contributed by atoms with Crippen LogP contribution in [-0.4, -0.2) is 18.9 Å². The SMILES string of the molecule is Cc1cc(Br)ccc1N/C=C(/C#N)C(=O)Nc1ccc(S(=O)(=O)O)cc1. The fourth-order valence-corrected chi connectivity index (χ4v) is 2.95. The second-order valence-electron chi connectivity index (χ2n) is 5.23. The topological polar surface area (TPSA) is 119 Å². The lowest BCUT2D eigenvalue weighted by Crippen LogP contribution is -2.14. The Hall–Kier alpha value is -2.67. The Morgan fingerprint density at radius 3 is 2.42 bits per heavy atom. The number of hydrogen-bond acceptors (Lipinski definition) is 5. The zero-order chi connectivity index (χ0) is 19.3. The molecule has 0 fully saturated rings. The molecule has 1 amide bonds. The molecule has 2 aromatic carbocycles. The van der Waals surface area contributed by atoms with Gasteiger partial charge in [-0.1, -0.05) is 15.9 Å². The summed E-state index contributed by atoms with van der Waals surface area (Å²) < 4.78 is 31.8. The van der Waals surface area contributed by atoms with E-state index in [1.807, 2.05) is 19.1 Å². The zero-order valence-corrected chi connectivity index (χ0v) is 15.9. The van der Waals surface area contributed by atoms with Gasteiger partial charge in [0.15, 0.2) is 0 Å². The van der Waals surface area contributed by atoms with E-state index < -0.39 is 16.0 Å². The highest BCUT2D eigenvalue weighted by Gasteiger charge is 2.12. The number of rotatable bonds is 5. The van der Waals surface area contributed by atoms with Crippen molar-refractivity contribution in [1.82, 2.24) is 0 Å². The number of aryl methyl sites for hydroxylation is 1. The molecular formula is C17H14BrN3O4S. The van der Waals surface area contributed by atoms with Crippen molar-refractivity contribution in [3.8, 4) is 6.07 Å². The van der Waals surface area contributed by atoms with Crippen LogP contribution < -0.4 is 10.6 Å². The van der Waals surface area contributed by atoms with Crippen LogP contribution in [0.25, 0.3) is 0 Å². The van der Waals surface area contributed by atoms with Gasteiger partial charge in [0, 0.05) is 22.0 Å². The molecule has 7 nitrogen and oxygen atoms in total. The summed E-state index contributed by atoms with van der Waals surface area (Å²) in [5.74, 6) is -0.658. The van der Waals surface area contributed by atoms with Crippen LogP contribution in [0.15, 0.2) is 63.6 Å². The van der Waals surface area contributed by atoms with Gasteiger partial charge in [-0.05, 0) is 55.0 Å². The van der Waals surface area contributed by atoms with Crippen LogP contribution in [-0.2, 0) is 14.9 Å². The first kappa shape index (κ1) is 19.7. The molecule has 0 radical (unpaired) electrons. The number of amides is 1. The third-order valence-electron chi connectivity index (χ3n) is 3.34. The summed E-state index contributed by atoms with van der Waals surface area (Å²) in [6.45, 7) is 1.88. The Balaban J connectivity index is 2.12. The molecule has 134 valence electrons. The molecule has 0 atom stereocenters. The Labute approximate surface area is 159 Å². The van der Waals surface area contributed by atoms with Crippen molar-refractivity contribution in [2.45, 2.75) is 11.8 Å². The van der Waals surface area contributed by atoms with Gasteiger partial charge >= 0.3 is 0 Å². The normalized spacial score (nSPS) is 11.5. The van der Waals surface area contributed by atoms with Gasteiger partial charge in [0.2, 0.25) is 0 Å². The van der Waals surface area contributed by atoms with E-state index in [0.29, 0.717) is 0 Å². The van der Waals surface area contributed by atoms with Crippen LogP contribution in [0.4, 0.5) is 11.4 Å². The summed E-state index contributed by atoms with van der Waals surface area (Å²) in [6.07, 6.45) is 1.29. The number of nitriles is 1. The van der Waals surface area contributed by atoms with E-state index in [9.17, 15) is 18.5 Å². The van der Waals surface area contributed by atoms with Crippen LogP contribution >= 0.6 is 15.9 Å². The average molecular weight is 436 g/mol. The van der Waals surface area contributed by atoms with Gasteiger partial charge in [-0.2, -0.15) is 13.7 Å². The molecule has 0 aromatic heterocycles. The number of nitrogens with one attached hydrogen (secondary N) is 2. The largest absolute Gasteiger partial charge is 0.360 e. The van der Waals surface area contributed by atoms with E-state index in [2.05, 4.69) is 26.6 Å². The van der Waals surface area contributed by atoms with Gasteiger partial charge in [-0.15, -0.1) is 0 Å². The van der Waals surface area contributed by atoms with Crippen molar-refractivity contribution in [3.05, 3.63) is 64.3 Å². The minimum absolute atomic E-state index is 0.161. The molecule has 0 aliphatic carbocycles. The Morgan fingerprint density at radius 1 is 1.23 bits per heavy atom. The molecule has 0 unspecified atom stereocenters. The monoisotopic (exact) mass is 435 g/mol. The Kier molecular flexibility index (Phi) is 6.15. The predicted molar refractivity (Wildman–Crippen MR) is 101 cm³/mol. The number of hydrogen-bond donors (Lipinski definition) is 3. The van der Waals surface area contributed by atoms with Crippen molar-refractivity contribution in [2.75, 3.05) is 10.6 Å². The third kappa shape index (κ3) is 5.16. The fourth-order valence-electron chi connectivity index (χ4n) is 2.00. The van der Waals surface area contributed by atoms with Crippen molar-refractivity contribution in [1.29, 1.82) is 5.26 Å². The third-order valence-corrected chi connectivity index (χ3v) is 4.70. The van der Waals surface area contributed by atoms with E-state index >= 15 is 0 Å². The molecule has 0 aliphatic heterocycles. The van der Waals surface area contributed by atoms with E-state index in [-0.39, 0.29) is 16.2 Å². The number of anilines is 2. The first-order valence-corrected chi connectivity index (χ1v) is 9.46. The highest BCUT2D eigenvalue weighted by molar-refractivity contribution is 9.10. The van der Waals surface area contributed by atoms with Crippen molar-refractivity contribution in [2.24, 2.45) is 0 Å². The zero-order valence-electron chi connectivity index (χ0n) is 13.5. The number of nitrogens with zero attached hydrogens (tertiary/aromatic N) is 1. The standard InChI is InChI=1S/C17H14BrN3O4S/c1-11-8-13(18)2-7-16(11)20-10-12(9-19)17(22)21-14-3-5-15(6-4-14)26(23,24)25/h2-8,10,20H,1H3,(H,21,22)(H,23,24,25)/b12-10-. The summed E-state index contributed by atoms with van der Waals surface area (Å²) >= 11 is 3.35. The molecule has 0 spiro atoms. The number of carbonyl (C=O) groups is 1. The maximum atomic E-state index is 12.2. The van der Waals surface area contributed by atoms with E-state index in [0.717, 1.165) is 27.9 Å². The van der Waals surface area contributed by atoms with Crippen molar-refractivity contribution in [3.63, 3.8) is 0 Å². The van der Waals surface area contributed by atoms with Crippen LogP contribution in [0.2, 0.25) is 0 Å². The van der Waals surface area contributed by atoms with Crippen LogP contribution in [0.3, 0.4) is 0 Å². The van der Waals surface area contributed by atoms with Gasteiger partial charge in [0.1, 0.15) is 11.6 Å². The minimum atomic E-state index is -4.31. The second kappa shape index (κ2) is 8.14. The average Bonchev–Trinajstić information content (AvgIpc) is 2.56. The summed E-state index contributed by atoms with van der Waals surface area (Å²) in [7, 11) is -4.31. The quantitative estimate of drug-likeness (QED) is 0.375. The molecule has 9 heteroatoms. The predicted octanol–water partition coefficient (Wildman–Crippen LogP) is 3.46. The highest BCUT2D eigenvalue weighted by atomic mass is 79.9. The lowest BCUT2D eigenvalue weighted by atomic mass is 10.2. The Morgan fingerprint density at radius 2 is 1.88 bits per heavy atom. The maximum absolute atomic E-state index is 12.2. The molecule has 0 saturated heterocycles. The van der Waals surface area contributed by atoms with E-state index in [1.54, 1.807) is 12.1 Å². The number of benzene rings is 2. The summed E-state index contributed by atoms with van der Waals surface area (Å²) in [4.78, 5) is 11.9. The molecule has 0 aliphatic rings. The smallest absolute Gasteiger partial charge is 0.294 e. The van der Waals surface area contributed by atoms with Gasteiger partial charge in [-0.3, -0.25) is 9.35 Å². The summed E-state index contributed by atoms with van der Waals surface area (Å²) in [5, 5.41) is 14.6. The van der Waals surface area contributed by atoms with Crippen LogP contribution in [0.5, 0.6) is 0 Å². The molecule has 0 bridgehead atoms. The van der Waals surface area contributed by atoms with Crippen LogP contribution in [0.1, 0.15) is 5.56 Å². The molecule has 26 heavy (non-hydrogen) atoms. The first-order chi connectivity index (χ1) is 12.2. The highest BCUT2D eigenvalue weighted by Crippen LogP contribution is 2.20. The Bertz CT molecular complexity index is 1010. The molecule has 0 saturated carbocycles. The number of halogens is 1. The van der Waals surface area contributed by atoms with Crippen LogP contribution in [0, 0.1) is 18.3 Å². The molecule has 3 N–H and O–H groups in total.